The second kappa shape index (κ2) is 9.14. The zero-order valence-electron chi connectivity index (χ0n) is 19.1. The molecular weight excluding hydrogens is 660 g/mol. The number of halogens is 20. The van der Waals surface area contributed by atoms with Crippen LogP contribution in [0.5, 0.6) is 0 Å². The molecular formula is C18H8F20O4. The van der Waals surface area contributed by atoms with E-state index in [-0.39, 0.29) is 6.08 Å². The second-order valence-corrected chi connectivity index (χ2v) is 8.58. The fourth-order valence-corrected chi connectivity index (χ4v) is 3.44. The minimum atomic E-state index is -7.51. The van der Waals surface area contributed by atoms with Crippen LogP contribution in [0.2, 0.25) is 0 Å². The molecule has 0 aliphatic heterocycles. The third-order valence-corrected chi connectivity index (χ3v) is 5.99. The third kappa shape index (κ3) is 3.96. The molecule has 0 spiro atoms. The van der Waals surface area contributed by atoms with Crippen molar-refractivity contribution >= 4 is 11.9 Å². The largest absolute Gasteiger partial charge is 0.449 e. The maximum Gasteiger partial charge on any atom is 0.384 e. The van der Waals surface area contributed by atoms with Crippen molar-refractivity contribution in [1.29, 1.82) is 0 Å². The van der Waals surface area contributed by atoms with Crippen molar-refractivity contribution in [2.24, 2.45) is 0 Å². The fraction of sp³-hybridized carbons (Fsp3) is 0.778. The van der Waals surface area contributed by atoms with E-state index in [0.29, 0.717) is 6.92 Å². The van der Waals surface area contributed by atoms with Crippen LogP contribution in [0.3, 0.4) is 0 Å². The van der Waals surface area contributed by atoms with Gasteiger partial charge >= 0.3 is 71.2 Å². The molecule has 0 aromatic heterocycles. The van der Waals surface area contributed by atoms with E-state index in [1.165, 1.54) is 0 Å². The van der Waals surface area contributed by atoms with Crippen molar-refractivity contribution in [1.82, 2.24) is 0 Å². The van der Waals surface area contributed by atoms with Crippen molar-refractivity contribution in [3.05, 3.63) is 11.6 Å². The summed E-state index contributed by atoms with van der Waals surface area (Å²) in [6, 6.07) is 0. The first-order chi connectivity index (χ1) is 18.2. The molecule has 0 atom stereocenters. The zero-order chi connectivity index (χ0) is 33.7. The minimum absolute atomic E-state index is 0.0812. The molecule has 0 saturated heterocycles. The summed E-state index contributed by atoms with van der Waals surface area (Å²) in [4.78, 5) is 23.6. The van der Waals surface area contributed by atoms with Crippen molar-refractivity contribution < 1.29 is 107 Å². The zero-order valence-corrected chi connectivity index (χ0v) is 19.1. The number of allylic oxidation sites excluding steroid dienone is 1. The van der Waals surface area contributed by atoms with Crippen LogP contribution >= 0.6 is 0 Å². The molecule has 0 aromatic carbocycles. The van der Waals surface area contributed by atoms with Gasteiger partial charge in [0.2, 0.25) is 12.2 Å². The summed E-state index contributed by atoms with van der Waals surface area (Å²) in [6.07, 6.45) is -13.6. The predicted molar refractivity (Wildman–Crippen MR) is 87.6 cm³/mol. The molecule has 0 aromatic rings. The average molecular weight is 668 g/mol. The molecule has 2 saturated carbocycles. The minimum Gasteiger partial charge on any atom is -0.449 e. The molecule has 2 aliphatic rings. The van der Waals surface area contributed by atoms with Crippen molar-refractivity contribution in [3.63, 3.8) is 0 Å². The summed E-state index contributed by atoms with van der Waals surface area (Å²) in [5, 5.41) is 0. The lowest BCUT2D eigenvalue weighted by molar-refractivity contribution is -0.469. The molecule has 0 amide bonds. The Morgan fingerprint density at radius 2 is 0.762 bits per heavy atom. The number of hydrogen-bond donors (Lipinski definition) is 0. The summed E-state index contributed by atoms with van der Waals surface area (Å²) in [7, 11) is 0. The van der Waals surface area contributed by atoms with Gasteiger partial charge in [0.15, 0.2) is 0 Å². The predicted octanol–water partition coefficient (Wildman–Crippen LogP) is 6.53. The van der Waals surface area contributed by atoms with E-state index >= 15 is 0 Å². The first kappa shape index (κ1) is 35.5. The second-order valence-electron chi connectivity index (χ2n) is 8.58. The van der Waals surface area contributed by atoms with Gasteiger partial charge in [0.05, 0.1) is 6.42 Å². The van der Waals surface area contributed by atoms with Gasteiger partial charge in [0.1, 0.15) is 0 Å². The van der Waals surface area contributed by atoms with Gasteiger partial charge in [-0.05, 0) is 6.92 Å². The molecule has 0 radical (unpaired) electrons. The summed E-state index contributed by atoms with van der Waals surface area (Å²) in [5.41, 5.74) is -2.00. The first-order valence-corrected chi connectivity index (χ1v) is 10.0. The van der Waals surface area contributed by atoms with Gasteiger partial charge in [-0.15, -0.1) is 0 Å². The highest BCUT2D eigenvalue weighted by atomic mass is 19.4. The van der Waals surface area contributed by atoms with Crippen LogP contribution in [0.15, 0.2) is 11.6 Å². The lowest BCUT2D eigenvalue weighted by Gasteiger charge is -2.48. The Labute approximate surface area is 216 Å². The Bertz CT molecular complexity index is 1100. The molecule has 0 N–H and O–H groups in total. The van der Waals surface area contributed by atoms with Crippen molar-refractivity contribution in [2.45, 2.75) is 84.8 Å². The highest BCUT2D eigenvalue weighted by Gasteiger charge is 2.98. The van der Waals surface area contributed by atoms with Gasteiger partial charge in [0, 0.05) is 5.57 Å². The van der Waals surface area contributed by atoms with Crippen LogP contribution in [0, 0.1) is 0 Å². The number of ether oxygens (including phenoxy) is 2. The Morgan fingerprint density at radius 3 is 1.02 bits per heavy atom. The fourth-order valence-electron chi connectivity index (χ4n) is 3.44. The molecule has 244 valence electrons. The monoisotopic (exact) mass is 668 g/mol. The highest BCUT2D eigenvalue weighted by molar-refractivity contribution is 5.94. The van der Waals surface area contributed by atoms with Gasteiger partial charge in [-0.2, -0.15) is 87.8 Å². The Hall–Kier alpha value is -2.72. The Balaban J connectivity index is 2.41. The smallest absolute Gasteiger partial charge is 0.384 e. The summed E-state index contributed by atoms with van der Waals surface area (Å²) in [6.45, 7) is 0.380. The normalized spacial score (nSPS) is 29.8. The molecule has 4 nitrogen and oxygen atoms in total. The summed E-state index contributed by atoms with van der Waals surface area (Å²) >= 11 is 0. The van der Waals surface area contributed by atoms with E-state index in [1.54, 1.807) is 0 Å². The molecule has 42 heavy (non-hydrogen) atoms. The van der Waals surface area contributed by atoms with Gasteiger partial charge < -0.3 is 9.47 Å². The maximum absolute atomic E-state index is 13.9. The van der Waals surface area contributed by atoms with Crippen molar-refractivity contribution in [2.75, 3.05) is 0 Å². The topological polar surface area (TPSA) is 52.6 Å². The summed E-state index contributed by atoms with van der Waals surface area (Å²) in [5.74, 6) is -79.0. The van der Waals surface area contributed by atoms with Gasteiger partial charge in [0.25, 0.3) is 0 Å². The average Bonchev–Trinajstić information content (AvgIpc) is 2.81. The molecule has 0 bridgehead atoms. The van der Waals surface area contributed by atoms with E-state index in [1.807, 2.05) is 0 Å². The van der Waals surface area contributed by atoms with E-state index in [4.69, 9.17) is 0 Å². The van der Waals surface area contributed by atoms with Crippen LogP contribution in [0.25, 0.3) is 0 Å². The lowest BCUT2D eigenvalue weighted by Crippen LogP contribution is -2.80. The molecule has 24 heteroatoms. The lowest BCUT2D eigenvalue weighted by atomic mass is 9.80. The molecule has 0 heterocycles. The number of hydrogen-bond acceptors (Lipinski definition) is 4. The highest BCUT2D eigenvalue weighted by Crippen LogP contribution is 2.66. The van der Waals surface area contributed by atoms with E-state index in [9.17, 15) is 97.4 Å². The van der Waals surface area contributed by atoms with Crippen LogP contribution in [-0.2, 0) is 19.1 Å². The molecule has 2 aliphatic carbocycles. The number of carbonyl (C=O) groups is 2. The van der Waals surface area contributed by atoms with Crippen LogP contribution in [0.4, 0.5) is 87.8 Å². The number of carbonyl (C=O) groups excluding carboxylic acids is 2. The van der Waals surface area contributed by atoms with Crippen LogP contribution in [0.1, 0.15) is 13.3 Å². The number of alkyl halides is 20. The SMILES string of the molecule is CC=C(CC(=O)OC1C(F)(F)C(F)(F)C(F)(F)C(F)(F)C1(F)F)C(=O)OC1C(F)(F)C(F)(F)C(F)(F)C(F)(F)C1(F)F. The first-order valence-electron chi connectivity index (χ1n) is 10.0. The molecule has 0 unspecified atom stereocenters. The third-order valence-electron chi connectivity index (χ3n) is 5.99. The molecule has 2 fully saturated rings. The van der Waals surface area contributed by atoms with Crippen LogP contribution < -0.4 is 0 Å². The Morgan fingerprint density at radius 1 is 0.500 bits per heavy atom. The van der Waals surface area contributed by atoms with Crippen molar-refractivity contribution in [3.8, 4) is 0 Å². The Kier molecular flexibility index (Phi) is 7.72. The maximum atomic E-state index is 13.9. The van der Waals surface area contributed by atoms with E-state index in [0.717, 1.165) is 0 Å². The molecule has 2 rings (SSSR count). The van der Waals surface area contributed by atoms with Crippen LogP contribution in [-0.4, -0.2) is 83.4 Å². The standard InChI is InChI=1S/C18H8F20O4/c1-2-4(6(40)42-8-11(23,24)15(31,32)18(37,38)16(33,34)12(8,25)26)3-5(39)41-7-9(19,20)13(27,28)17(35,36)14(29,30)10(7,21)22/h2,7-8H,3H2,1H3. The van der Waals surface area contributed by atoms with Gasteiger partial charge in [-0.25, -0.2) is 4.79 Å². The quantitative estimate of drug-likeness (QED) is 0.190. The number of rotatable bonds is 5. The number of esters is 2. The van der Waals surface area contributed by atoms with E-state index < -0.39 is 95.4 Å². The van der Waals surface area contributed by atoms with E-state index in [2.05, 4.69) is 9.47 Å². The summed E-state index contributed by atoms with van der Waals surface area (Å²) < 4.78 is 277. The van der Waals surface area contributed by atoms with Gasteiger partial charge in [-0.1, -0.05) is 6.08 Å². The van der Waals surface area contributed by atoms with Gasteiger partial charge in [-0.3, -0.25) is 4.79 Å².